The van der Waals surface area contributed by atoms with E-state index in [0.29, 0.717) is 11.4 Å². The number of aryl methyl sites for hydroxylation is 2. The van der Waals surface area contributed by atoms with Crippen LogP contribution < -0.4 is 10.5 Å². The molecule has 0 saturated heterocycles. The first-order chi connectivity index (χ1) is 9.92. The SMILES string of the molecule is CCCc1ccc(NS(=O)(=O)c2ccc(N)c(C)c2)cc1. The monoisotopic (exact) mass is 304 g/mol. The third-order valence-electron chi connectivity index (χ3n) is 3.30. The van der Waals surface area contributed by atoms with Gasteiger partial charge in [-0.25, -0.2) is 8.42 Å². The molecule has 2 aromatic rings. The lowest BCUT2D eigenvalue weighted by Gasteiger charge is -2.10. The van der Waals surface area contributed by atoms with Crippen LogP contribution in [0.25, 0.3) is 0 Å². The zero-order valence-corrected chi connectivity index (χ0v) is 13.1. The van der Waals surface area contributed by atoms with Crippen molar-refractivity contribution in [2.24, 2.45) is 0 Å². The molecule has 0 amide bonds. The summed E-state index contributed by atoms with van der Waals surface area (Å²) in [7, 11) is -3.58. The van der Waals surface area contributed by atoms with Gasteiger partial charge in [0.15, 0.2) is 0 Å². The molecular formula is C16H20N2O2S. The Bertz CT molecular complexity index is 722. The maximum Gasteiger partial charge on any atom is 0.261 e. The van der Waals surface area contributed by atoms with E-state index in [2.05, 4.69) is 11.6 Å². The van der Waals surface area contributed by atoms with Gasteiger partial charge >= 0.3 is 0 Å². The van der Waals surface area contributed by atoms with Gasteiger partial charge in [0.2, 0.25) is 0 Å². The number of nitrogens with two attached hydrogens (primary N) is 1. The van der Waals surface area contributed by atoms with Crippen LogP contribution in [0.1, 0.15) is 24.5 Å². The number of anilines is 2. The number of nitrogens with one attached hydrogen (secondary N) is 1. The lowest BCUT2D eigenvalue weighted by molar-refractivity contribution is 0.601. The van der Waals surface area contributed by atoms with Gasteiger partial charge in [-0.05, 0) is 54.8 Å². The van der Waals surface area contributed by atoms with Gasteiger partial charge in [-0.1, -0.05) is 25.5 Å². The minimum Gasteiger partial charge on any atom is -0.399 e. The van der Waals surface area contributed by atoms with Gasteiger partial charge < -0.3 is 5.73 Å². The van der Waals surface area contributed by atoms with E-state index in [0.717, 1.165) is 18.4 Å². The van der Waals surface area contributed by atoms with Crippen LogP contribution in [0.3, 0.4) is 0 Å². The maximum atomic E-state index is 12.3. The molecule has 3 N–H and O–H groups in total. The van der Waals surface area contributed by atoms with Crippen LogP contribution in [0.15, 0.2) is 47.4 Å². The molecule has 2 aromatic carbocycles. The minimum absolute atomic E-state index is 0.215. The quantitative estimate of drug-likeness (QED) is 0.832. The van der Waals surface area contributed by atoms with Crippen LogP contribution in [0.4, 0.5) is 11.4 Å². The van der Waals surface area contributed by atoms with Crippen molar-refractivity contribution in [2.45, 2.75) is 31.6 Å². The average Bonchev–Trinajstić information content (AvgIpc) is 2.44. The molecule has 0 saturated carbocycles. The molecule has 21 heavy (non-hydrogen) atoms. The Hall–Kier alpha value is -2.01. The third-order valence-corrected chi connectivity index (χ3v) is 4.68. The maximum absolute atomic E-state index is 12.3. The van der Waals surface area contributed by atoms with Gasteiger partial charge in [0.1, 0.15) is 0 Å². The zero-order valence-electron chi connectivity index (χ0n) is 12.3. The Labute approximate surface area is 126 Å². The molecule has 0 heterocycles. The largest absolute Gasteiger partial charge is 0.399 e. The van der Waals surface area contributed by atoms with E-state index in [1.54, 1.807) is 31.2 Å². The topological polar surface area (TPSA) is 72.2 Å². The molecule has 0 spiro atoms. The van der Waals surface area contributed by atoms with E-state index in [1.165, 1.54) is 11.6 Å². The summed E-state index contributed by atoms with van der Waals surface area (Å²) in [6.45, 7) is 3.90. The Kier molecular flexibility index (Phi) is 4.53. The Morgan fingerprint density at radius 1 is 1.10 bits per heavy atom. The van der Waals surface area contributed by atoms with Crippen molar-refractivity contribution in [3.05, 3.63) is 53.6 Å². The first-order valence-electron chi connectivity index (χ1n) is 6.90. The fourth-order valence-electron chi connectivity index (χ4n) is 2.06. The van der Waals surface area contributed by atoms with Gasteiger partial charge in [0, 0.05) is 11.4 Å². The predicted octanol–water partition coefficient (Wildman–Crippen LogP) is 3.33. The molecule has 0 atom stereocenters. The normalized spacial score (nSPS) is 11.3. The molecule has 0 aromatic heterocycles. The number of benzene rings is 2. The van der Waals surface area contributed by atoms with Crippen molar-refractivity contribution in [3.8, 4) is 0 Å². The first-order valence-corrected chi connectivity index (χ1v) is 8.38. The molecule has 0 aliphatic rings. The number of hydrogen-bond donors (Lipinski definition) is 2. The fraction of sp³-hybridized carbons (Fsp3) is 0.250. The standard InChI is InChI=1S/C16H20N2O2S/c1-3-4-13-5-7-14(8-6-13)18-21(19,20)15-9-10-16(17)12(2)11-15/h5-11,18H,3-4,17H2,1-2H3. The summed E-state index contributed by atoms with van der Waals surface area (Å²) < 4.78 is 27.2. The Morgan fingerprint density at radius 3 is 2.33 bits per heavy atom. The van der Waals surface area contributed by atoms with Crippen molar-refractivity contribution in [1.29, 1.82) is 0 Å². The van der Waals surface area contributed by atoms with E-state index in [9.17, 15) is 8.42 Å². The van der Waals surface area contributed by atoms with E-state index < -0.39 is 10.0 Å². The third kappa shape index (κ3) is 3.76. The van der Waals surface area contributed by atoms with Crippen LogP contribution in [-0.4, -0.2) is 8.42 Å². The molecule has 5 heteroatoms. The van der Waals surface area contributed by atoms with E-state index >= 15 is 0 Å². The van der Waals surface area contributed by atoms with Crippen LogP contribution in [0.5, 0.6) is 0 Å². The molecule has 112 valence electrons. The molecule has 0 bridgehead atoms. The van der Waals surface area contributed by atoms with Crippen molar-refractivity contribution in [2.75, 3.05) is 10.5 Å². The number of sulfonamides is 1. The molecular weight excluding hydrogens is 284 g/mol. The molecule has 4 nitrogen and oxygen atoms in total. The van der Waals surface area contributed by atoms with Gasteiger partial charge in [0.25, 0.3) is 10.0 Å². The van der Waals surface area contributed by atoms with E-state index in [1.807, 2.05) is 12.1 Å². The average molecular weight is 304 g/mol. The summed E-state index contributed by atoms with van der Waals surface area (Å²) in [6, 6.07) is 12.1. The smallest absolute Gasteiger partial charge is 0.261 e. The lowest BCUT2D eigenvalue weighted by Crippen LogP contribution is -2.13. The predicted molar refractivity (Wildman–Crippen MR) is 86.8 cm³/mol. The molecule has 0 unspecified atom stereocenters. The summed E-state index contributed by atoms with van der Waals surface area (Å²) in [4.78, 5) is 0.215. The summed E-state index contributed by atoms with van der Waals surface area (Å²) in [5, 5.41) is 0. The second-order valence-corrected chi connectivity index (χ2v) is 6.75. The van der Waals surface area contributed by atoms with Gasteiger partial charge in [-0.3, -0.25) is 4.72 Å². The number of nitrogen functional groups attached to an aromatic ring is 1. The first kappa shape index (κ1) is 15.4. The Morgan fingerprint density at radius 2 is 1.76 bits per heavy atom. The number of hydrogen-bond acceptors (Lipinski definition) is 3. The van der Waals surface area contributed by atoms with Gasteiger partial charge in [-0.15, -0.1) is 0 Å². The van der Waals surface area contributed by atoms with Crippen molar-refractivity contribution in [1.82, 2.24) is 0 Å². The highest BCUT2D eigenvalue weighted by Gasteiger charge is 2.14. The van der Waals surface area contributed by atoms with Crippen LogP contribution in [0, 0.1) is 6.92 Å². The highest BCUT2D eigenvalue weighted by molar-refractivity contribution is 7.92. The summed E-state index contributed by atoms with van der Waals surface area (Å²) in [6.07, 6.45) is 2.06. The van der Waals surface area contributed by atoms with Crippen molar-refractivity contribution < 1.29 is 8.42 Å². The lowest BCUT2D eigenvalue weighted by atomic mass is 10.1. The Balaban J connectivity index is 2.22. The van der Waals surface area contributed by atoms with Gasteiger partial charge in [-0.2, -0.15) is 0 Å². The van der Waals surface area contributed by atoms with Gasteiger partial charge in [0.05, 0.1) is 4.90 Å². The molecule has 0 fully saturated rings. The van der Waals surface area contributed by atoms with Crippen LogP contribution >= 0.6 is 0 Å². The summed E-state index contributed by atoms with van der Waals surface area (Å²) in [5.41, 5.74) is 8.80. The summed E-state index contributed by atoms with van der Waals surface area (Å²) >= 11 is 0. The van der Waals surface area contributed by atoms with Crippen LogP contribution in [0.2, 0.25) is 0 Å². The molecule has 0 radical (unpaired) electrons. The van der Waals surface area contributed by atoms with E-state index in [4.69, 9.17) is 5.73 Å². The van der Waals surface area contributed by atoms with E-state index in [-0.39, 0.29) is 4.90 Å². The highest BCUT2D eigenvalue weighted by Crippen LogP contribution is 2.20. The molecule has 0 aliphatic carbocycles. The van der Waals surface area contributed by atoms with Crippen molar-refractivity contribution >= 4 is 21.4 Å². The summed E-state index contributed by atoms with van der Waals surface area (Å²) in [5.74, 6) is 0. The second kappa shape index (κ2) is 6.18. The van der Waals surface area contributed by atoms with Crippen molar-refractivity contribution in [3.63, 3.8) is 0 Å². The molecule has 0 aliphatic heterocycles. The highest BCUT2D eigenvalue weighted by atomic mass is 32.2. The van der Waals surface area contributed by atoms with Crippen LogP contribution in [-0.2, 0) is 16.4 Å². The number of rotatable bonds is 5. The minimum atomic E-state index is -3.58. The zero-order chi connectivity index (χ0) is 15.5. The fourth-order valence-corrected chi connectivity index (χ4v) is 3.20. The second-order valence-electron chi connectivity index (χ2n) is 5.07. The molecule has 2 rings (SSSR count).